The van der Waals surface area contributed by atoms with E-state index in [2.05, 4.69) is 0 Å². The molecular weight excluding hydrogens is 464 g/mol. The van der Waals surface area contributed by atoms with Crippen LogP contribution in [0.25, 0.3) is 6.08 Å². The van der Waals surface area contributed by atoms with Crippen molar-refractivity contribution in [2.45, 2.75) is 16.9 Å². The molecule has 1 fully saturated rings. The molecule has 0 bridgehead atoms. The van der Waals surface area contributed by atoms with Crippen molar-refractivity contribution in [2.75, 3.05) is 6.54 Å². The first-order valence-electron chi connectivity index (χ1n) is 9.67. The lowest BCUT2D eigenvalue weighted by Gasteiger charge is -2.11. The Morgan fingerprint density at radius 2 is 1.79 bits per heavy atom. The van der Waals surface area contributed by atoms with E-state index in [9.17, 15) is 24.5 Å². The molecule has 1 aliphatic heterocycles. The summed E-state index contributed by atoms with van der Waals surface area (Å²) in [7, 11) is 0. The Kier molecular flexibility index (Phi) is 6.47. The van der Waals surface area contributed by atoms with E-state index in [1.54, 1.807) is 12.1 Å². The Balaban J connectivity index is 1.43. The fourth-order valence-corrected chi connectivity index (χ4v) is 4.56. The van der Waals surface area contributed by atoms with Crippen LogP contribution in [0, 0.1) is 17.0 Å². The summed E-state index contributed by atoms with van der Waals surface area (Å²) < 4.78 is 5.75. The molecule has 0 unspecified atom stereocenters. The van der Waals surface area contributed by atoms with Gasteiger partial charge in [-0.05, 0) is 55.1 Å². The number of thioether (sulfide) groups is 1. The number of nitro groups is 1. The molecule has 2 heterocycles. The number of nitro benzene ring substituents is 1. The van der Waals surface area contributed by atoms with Crippen LogP contribution in [0.5, 0.6) is 0 Å². The summed E-state index contributed by atoms with van der Waals surface area (Å²) in [6, 6.07) is 16.4. The van der Waals surface area contributed by atoms with Gasteiger partial charge in [0.05, 0.1) is 16.4 Å². The number of imide groups is 1. The largest absolute Gasteiger partial charge is 0.450 e. The number of nitrogens with zero attached hydrogens (tertiary/aromatic N) is 2. The smallest absolute Gasteiger partial charge is 0.293 e. The Morgan fingerprint density at radius 3 is 2.45 bits per heavy atom. The fourth-order valence-electron chi connectivity index (χ4n) is 2.96. The van der Waals surface area contributed by atoms with Gasteiger partial charge in [0.15, 0.2) is 10.9 Å². The van der Waals surface area contributed by atoms with Gasteiger partial charge in [-0.2, -0.15) is 0 Å². The van der Waals surface area contributed by atoms with Gasteiger partial charge in [-0.25, -0.2) is 0 Å². The molecule has 1 aliphatic rings. The minimum Gasteiger partial charge on any atom is -0.450 e. The van der Waals surface area contributed by atoms with Crippen molar-refractivity contribution in [3.63, 3.8) is 0 Å². The number of Topliss-reactive ketones (excluding diaryl/α,β-unsaturated/α-hetero) is 1. The Hall–Kier alpha value is -3.63. The van der Waals surface area contributed by atoms with Crippen molar-refractivity contribution in [3.05, 3.63) is 92.6 Å². The molecule has 8 nitrogen and oxygen atoms in total. The minimum absolute atomic E-state index is 0.151. The van der Waals surface area contributed by atoms with Crippen LogP contribution in [0.4, 0.5) is 10.5 Å². The summed E-state index contributed by atoms with van der Waals surface area (Å²) in [5, 5.41) is 10.8. The van der Waals surface area contributed by atoms with E-state index in [0.717, 1.165) is 27.1 Å². The zero-order valence-corrected chi connectivity index (χ0v) is 18.9. The predicted molar refractivity (Wildman–Crippen MR) is 124 cm³/mol. The molecule has 10 heteroatoms. The highest BCUT2D eigenvalue weighted by atomic mass is 32.2. The number of furan rings is 1. The molecule has 0 aliphatic carbocycles. The van der Waals surface area contributed by atoms with Crippen LogP contribution in [0.15, 0.2) is 80.0 Å². The maximum absolute atomic E-state index is 12.7. The van der Waals surface area contributed by atoms with E-state index in [-0.39, 0.29) is 16.2 Å². The number of benzene rings is 2. The first kappa shape index (κ1) is 22.6. The molecule has 166 valence electrons. The van der Waals surface area contributed by atoms with Gasteiger partial charge in [-0.1, -0.05) is 29.5 Å². The third kappa shape index (κ3) is 5.24. The summed E-state index contributed by atoms with van der Waals surface area (Å²) in [5.41, 5.74) is 1.17. The number of rotatable bonds is 7. The number of aryl methyl sites for hydroxylation is 1. The predicted octanol–water partition coefficient (Wildman–Crippen LogP) is 5.57. The summed E-state index contributed by atoms with van der Waals surface area (Å²) in [6.07, 6.45) is 1.47. The Bertz CT molecular complexity index is 1280. The lowest BCUT2D eigenvalue weighted by Crippen LogP contribution is -2.33. The van der Waals surface area contributed by atoms with Crippen LogP contribution in [0.3, 0.4) is 0 Å². The van der Waals surface area contributed by atoms with Crippen molar-refractivity contribution < 1.29 is 23.7 Å². The number of hydrogen-bond donors (Lipinski definition) is 0. The van der Waals surface area contributed by atoms with Crippen LogP contribution in [-0.4, -0.2) is 33.3 Å². The monoisotopic (exact) mass is 480 g/mol. The highest BCUT2D eigenvalue weighted by Crippen LogP contribution is 2.34. The van der Waals surface area contributed by atoms with Gasteiger partial charge in [0.25, 0.3) is 16.8 Å². The first-order chi connectivity index (χ1) is 15.8. The van der Waals surface area contributed by atoms with E-state index in [4.69, 9.17) is 4.42 Å². The number of hydrogen-bond acceptors (Lipinski definition) is 8. The molecule has 1 aromatic heterocycles. The van der Waals surface area contributed by atoms with Crippen LogP contribution in [0.1, 0.15) is 21.7 Å². The molecule has 33 heavy (non-hydrogen) atoms. The average Bonchev–Trinajstić information content (AvgIpc) is 3.34. The Morgan fingerprint density at radius 1 is 1.09 bits per heavy atom. The highest BCUT2D eigenvalue weighted by molar-refractivity contribution is 8.18. The lowest BCUT2D eigenvalue weighted by atomic mass is 10.1. The molecule has 2 aromatic carbocycles. The highest BCUT2D eigenvalue weighted by Gasteiger charge is 2.36. The topological polar surface area (TPSA) is 111 Å². The van der Waals surface area contributed by atoms with Gasteiger partial charge in [0, 0.05) is 28.7 Å². The molecule has 0 saturated carbocycles. The first-order valence-corrected chi connectivity index (χ1v) is 11.3. The van der Waals surface area contributed by atoms with Crippen molar-refractivity contribution in [1.29, 1.82) is 0 Å². The van der Waals surface area contributed by atoms with E-state index in [1.165, 1.54) is 42.1 Å². The average molecular weight is 481 g/mol. The number of non-ortho nitro benzene ring substituents is 1. The van der Waals surface area contributed by atoms with E-state index >= 15 is 0 Å². The molecule has 0 radical (unpaired) electrons. The summed E-state index contributed by atoms with van der Waals surface area (Å²) in [6.45, 7) is 1.55. The summed E-state index contributed by atoms with van der Waals surface area (Å²) in [4.78, 5) is 49.7. The second-order valence-electron chi connectivity index (χ2n) is 7.07. The molecular formula is C23H16N2O6S2. The Labute approximate surface area is 196 Å². The van der Waals surface area contributed by atoms with Gasteiger partial charge >= 0.3 is 0 Å². The summed E-state index contributed by atoms with van der Waals surface area (Å²) in [5.74, 6) is -0.676. The molecule has 0 spiro atoms. The van der Waals surface area contributed by atoms with Crippen LogP contribution >= 0.6 is 23.5 Å². The van der Waals surface area contributed by atoms with Crippen molar-refractivity contribution >= 4 is 52.2 Å². The number of amides is 2. The number of ketones is 1. The number of carbonyl (C=O) groups excluding carboxylic acids is 3. The van der Waals surface area contributed by atoms with E-state index in [1.807, 2.05) is 31.2 Å². The molecule has 0 atom stereocenters. The van der Waals surface area contributed by atoms with Crippen LogP contribution < -0.4 is 0 Å². The van der Waals surface area contributed by atoms with Gasteiger partial charge in [0.2, 0.25) is 0 Å². The van der Waals surface area contributed by atoms with Gasteiger partial charge in [-0.15, -0.1) is 0 Å². The standard InChI is InChI=1S/C23H16N2O6S2/c1-14-2-9-18(10-3-14)32-21-11-8-17(31-21)12-20-22(27)24(23(28)33-20)13-19(26)15-4-6-16(7-5-15)25(29)30/h2-12H,13H2,1H3/b20-12-. The second-order valence-corrected chi connectivity index (χ2v) is 9.14. The molecule has 2 amide bonds. The molecule has 0 N–H and O–H groups in total. The van der Waals surface area contributed by atoms with Crippen molar-refractivity contribution in [3.8, 4) is 0 Å². The number of carbonyl (C=O) groups is 3. The minimum atomic E-state index is -0.593. The zero-order valence-electron chi connectivity index (χ0n) is 17.2. The molecule has 1 saturated heterocycles. The van der Waals surface area contributed by atoms with Gasteiger partial charge in [0.1, 0.15) is 5.76 Å². The maximum atomic E-state index is 12.7. The maximum Gasteiger partial charge on any atom is 0.293 e. The fraction of sp³-hybridized carbons (Fsp3) is 0.0870. The van der Waals surface area contributed by atoms with Crippen molar-refractivity contribution in [2.24, 2.45) is 0 Å². The van der Waals surface area contributed by atoms with Crippen molar-refractivity contribution in [1.82, 2.24) is 4.90 Å². The SMILES string of the molecule is Cc1ccc(Sc2ccc(/C=C3\SC(=O)N(CC(=O)c4ccc([N+](=O)[O-])cc4)C3=O)o2)cc1. The van der Waals surface area contributed by atoms with Gasteiger partial charge in [-0.3, -0.25) is 29.4 Å². The third-order valence-electron chi connectivity index (χ3n) is 4.69. The lowest BCUT2D eigenvalue weighted by molar-refractivity contribution is -0.384. The zero-order chi connectivity index (χ0) is 23.5. The van der Waals surface area contributed by atoms with Crippen LogP contribution in [0.2, 0.25) is 0 Å². The van der Waals surface area contributed by atoms with Crippen LogP contribution in [-0.2, 0) is 4.79 Å². The molecule has 4 rings (SSSR count). The van der Waals surface area contributed by atoms with E-state index in [0.29, 0.717) is 10.9 Å². The molecule has 3 aromatic rings. The van der Waals surface area contributed by atoms with Gasteiger partial charge < -0.3 is 4.42 Å². The quantitative estimate of drug-likeness (QED) is 0.187. The van der Waals surface area contributed by atoms with E-state index < -0.39 is 28.4 Å². The second kappa shape index (κ2) is 9.47. The summed E-state index contributed by atoms with van der Waals surface area (Å²) >= 11 is 2.16. The third-order valence-corrected chi connectivity index (χ3v) is 6.53. The normalized spacial score (nSPS) is 14.8.